The summed E-state index contributed by atoms with van der Waals surface area (Å²) < 4.78 is 27.6. The Morgan fingerprint density at radius 1 is 1.22 bits per heavy atom. The van der Waals surface area contributed by atoms with E-state index in [1.807, 2.05) is 12.1 Å². The van der Waals surface area contributed by atoms with Crippen LogP contribution in [0, 0.1) is 0 Å². The molecule has 0 radical (unpaired) electrons. The fourth-order valence-corrected chi connectivity index (χ4v) is 4.04. The Kier molecular flexibility index (Phi) is 7.08. The van der Waals surface area contributed by atoms with Crippen LogP contribution in [0.15, 0.2) is 29.2 Å². The normalized spacial score (nSPS) is 19.6. The lowest BCUT2D eigenvalue weighted by atomic mass is 9.87. The lowest BCUT2D eigenvalue weighted by molar-refractivity contribution is -0.00000762. The van der Waals surface area contributed by atoms with Crippen molar-refractivity contribution in [2.24, 2.45) is 0 Å². The zero-order valence-corrected chi connectivity index (χ0v) is 16.0. The lowest BCUT2D eigenvalue weighted by Crippen LogP contribution is -3.00. The fraction of sp³-hybridized carbons (Fsp3) is 0.647. The highest BCUT2D eigenvalue weighted by Gasteiger charge is 2.25. The summed E-state index contributed by atoms with van der Waals surface area (Å²) in [5.41, 5.74) is 1.17. The van der Waals surface area contributed by atoms with Crippen LogP contribution < -0.4 is 17.1 Å². The highest BCUT2D eigenvalue weighted by molar-refractivity contribution is 7.89. The van der Waals surface area contributed by atoms with Crippen LogP contribution >= 0.6 is 0 Å². The summed E-state index contributed by atoms with van der Waals surface area (Å²) in [4.78, 5) is 2.69. The molecule has 2 rings (SSSR count). The van der Waals surface area contributed by atoms with Crippen LogP contribution in [0.3, 0.4) is 0 Å². The number of sulfonamides is 1. The van der Waals surface area contributed by atoms with Crippen molar-refractivity contribution in [1.82, 2.24) is 9.62 Å². The summed E-state index contributed by atoms with van der Waals surface area (Å²) in [7, 11) is -3.42. The van der Waals surface area contributed by atoms with Gasteiger partial charge in [-0.25, -0.2) is 13.1 Å². The topological polar surface area (TPSA) is 49.4 Å². The van der Waals surface area contributed by atoms with E-state index in [1.165, 1.54) is 0 Å². The standard InChI is InChI=1S/C17H28N2O2S.ClH/c1-5-19-12-6-7-15(19)13-18-22(20,21)16-10-8-14(9-11-16)17(2,3)4;/h8-11,15,18H,5-7,12-13H2,1-4H3;1H/p-1. The smallest absolute Gasteiger partial charge is 0.240 e. The molecule has 1 aliphatic heterocycles. The van der Waals surface area contributed by atoms with E-state index in [9.17, 15) is 8.42 Å². The maximum Gasteiger partial charge on any atom is 0.240 e. The maximum absolute atomic E-state index is 12.4. The molecule has 1 heterocycles. The Bertz CT molecular complexity index is 594. The first kappa shape index (κ1) is 20.4. The molecule has 6 heteroatoms. The van der Waals surface area contributed by atoms with Gasteiger partial charge in [-0.05, 0) is 49.0 Å². The lowest BCUT2D eigenvalue weighted by Gasteiger charge is -2.23. The number of likely N-dealkylation sites (tertiary alicyclic amines) is 1. The average molecular weight is 360 g/mol. The number of nitrogens with zero attached hydrogens (tertiary/aromatic N) is 1. The van der Waals surface area contributed by atoms with Gasteiger partial charge < -0.3 is 12.4 Å². The molecule has 132 valence electrons. The molecule has 1 aliphatic rings. The number of benzene rings is 1. The van der Waals surface area contributed by atoms with Gasteiger partial charge in [0.25, 0.3) is 0 Å². The van der Waals surface area contributed by atoms with Crippen LogP contribution in [-0.2, 0) is 15.4 Å². The summed E-state index contributed by atoms with van der Waals surface area (Å²) in [6.45, 7) is 11.0. The zero-order chi connectivity index (χ0) is 16.4. The van der Waals surface area contributed by atoms with Crippen molar-refractivity contribution in [3.8, 4) is 0 Å². The number of hydrogen-bond acceptors (Lipinski definition) is 3. The maximum atomic E-state index is 12.4. The molecule has 4 nitrogen and oxygen atoms in total. The van der Waals surface area contributed by atoms with Crippen molar-refractivity contribution in [3.05, 3.63) is 29.8 Å². The molecule has 1 unspecified atom stereocenters. The van der Waals surface area contributed by atoms with Gasteiger partial charge >= 0.3 is 0 Å². The number of likely N-dealkylation sites (N-methyl/N-ethyl adjacent to an activating group) is 1. The van der Waals surface area contributed by atoms with Crippen molar-refractivity contribution in [3.63, 3.8) is 0 Å². The van der Waals surface area contributed by atoms with E-state index in [-0.39, 0.29) is 17.8 Å². The minimum atomic E-state index is -3.42. The minimum Gasteiger partial charge on any atom is -1.00 e. The van der Waals surface area contributed by atoms with E-state index < -0.39 is 10.0 Å². The Balaban J connectivity index is 0.00000264. The van der Waals surface area contributed by atoms with Crippen molar-refractivity contribution in [2.75, 3.05) is 19.6 Å². The van der Waals surface area contributed by atoms with Gasteiger partial charge in [0.2, 0.25) is 10.0 Å². The van der Waals surface area contributed by atoms with Gasteiger partial charge in [-0.1, -0.05) is 39.8 Å². The van der Waals surface area contributed by atoms with Crippen LogP contribution in [0.5, 0.6) is 0 Å². The van der Waals surface area contributed by atoms with Crippen molar-refractivity contribution in [1.29, 1.82) is 0 Å². The first-order valence-electron chi connectivity index (χ1n) is 8.08. The Morgan fingerprint density at radius 2 is 1.83 bits per heavy atom. The molecule has 0 saturated carbocycles. The van der Waals surface area contributed by atoms with Gasteiger partial charge in [-0.3, -0.25) is 4.90 Å². The average Bonchev–Trinajstić information content (AvgIpc) is 2.92. The largest absolute Gasteiger partial charge is 1.00 e. The summed E-state index contributed by atoms with van der Waals surface area (Å²) >= 11 is 0. The predicted octanol–water partition coefficient (Wildman–Crippen LogP) is -0.249. The van der Waals surface area contributed by atoms with E-state index in [4.69, 9.17) is 0 Å². The van der Waals surface area contributed by atoms with E-state index in [0.29, 0.717) is 17.5 Å². The number of nitrogens with one attached hydrogen (secondary N) is 1. The second-order valence-electron chi connectivity index (χ2n) is 7.05. The van der Waals surface area contributed by atoms with Gasteiger partial charge in [0.05, 0.1) is 4.90 Å². The summed E-state index contributed by atoms with van der Waals surface area (Å²) in [6, 6.07) is 7.54. The van der Waals surface area contributed by atoms with E-state index in [0.717, 1.165) is 31.5 Å². The quantitative estimate of drug-likeness (QED) is 0.788. The molecule has 1 saturated heterocycles. The molecule has 23 heavy (non-hydrogen) atoms. The minimum absolute atomic E-state index is 0. The third kappa shape index (κ3) is 5.18. The first-order valence-corrected chi connectivity index (χ1v) is 9.56. The first-order chi connectivity index (χ1) is 10.2. The molecule has 0 aliphatic carbocycles. The predicted molar refractivity (Wildman–Crippen MR) is 90.6 cm³/mol. The summed E-state index contributed by atoms with van der Waals surface area (Å²) in [5.74, 6) is 0. The number of hydrogen-bond donors (Lipinski definition) is 1. The van der Waals surface area contributed by atoms with Crippen molar-refractivity contribution >= 4 is 10.0 Å². The Morgan fingerprint density at radius 3 is 2.35 bits per heavy atom. The SMILES string of the molecule is CCN1CCCC1CNS(=O)(=O)c1ccc(C(C)(C)C)cc1.[Cl-]. The summed E-state index contributed by atoms with van der Waals surface area (Å²) in [6.07, 6.45) is 2.22. The summed E-state index contributed by atoms with van der Waals surface area (Å²) in [5, 5.41) is 0. The third-order valence-electron chi connectivity index (χ3n) is 4.44. The van der Waals surface area contributed by atoms with E-state index in [1.54, 1.807) is 12.1 Å². The molecule has 0 spiro atoms. The molecule has 1 atom stereocenters. The van der Waals surface area contributed by atoms with Gasteiger partial charge in [-0.15, -0.1) is 0 Å². The van der Waals surface area contributed by atoms with Gasteiger partial charge in [-0.2, -0.15) is 0 Å². The van der Waals surface area contributed by atoms with Crippen LogP contribution in [0.4, 0.5) is 0 Å². The Labute approximate surface area is 147 Å². The Hall–Kier alpha value is -0.620. The fourth-order valence-electron chi connectivity index (χ4n) is 2.97. The molecular formula is C17H28ClN2O2S-. The van der Waals surface area contributed by atoms with E-state index >= 15 is 0 Å². The van der Waals surface area contributed by atoms with Gasteiger partial charge in [0.15, 0.2) is 0 Å². The van der Waals surface area contributed by atoms with Gasteiger partial charge in [0.1, 0.15) is 0 Å². The van der Waals surface area contributed by atoms with Crippen LogP contribution in [0.1, 0.15) is 46.1 Å². The second-order valence-corrected chi connectivity index (χ2v) is 8.82. The highest BCUT2D eigenvalue weighted by Crippen LogP contribution is 2.23. The molecular weight excluding hydrogens is 332 g/mol. The van der Waals surface area contributed by atoms with Crippen molar-refractivity contribution in [2.45, 2.75) is 56.9 Å². The molecule has 1 N–H and O–H groups in total. The highest BCUT2D eigenvalue weighted by atomic mass is 35.5. The molecule has 1 aromatic rings. The van der Waals surface area contributed by atoms with Crippen LogP contribution in [-0.4, -0.2) is 39.0 Å². The van der Waals surface area contributed by atoms with Gasteiger partial charge in [0, 0.05) is 12.6 Å². The molecule has 0 amide bonds. The third-order valence-corrected chi connectivity index (χ3v) is 5.88. The number of rotatable bonds is 5. The van der Waals surface area contributed by atoms with E-state index in [2.05, 4.69) is 37.3 Å². The van der Waals surface area contributed by atoms with Crippen molar-refractivity contribution < 1.29 is 20.8 Å². The van der Waals surface area contributed by atoms with Crippen LogP contribution in [0.2, 0.25) is 0 Å². The molecule has 0 aromatic heterocycles. The molecule has 1 aromatic carbocycles. The molecule has 0 bridgehead atoms. The second kappa shape index (κ2) is 7.97. The molecule has 1 fully saturated rings. The van der Waals surface area contributed by atoms with Crippen LogP contribution in [0.25, 0.3) is 0 Å². The zero-order valence-electron chi connectivity index (χ0n) is 14.5. The monoisotopic (exact) mass is 359 g/mol. The number of halogens is 1.